The fraction of sp³-hybridized carbons (Fsp3) is 0.667. The second-order valence-corrected chi connectivity index (χ2v) is 0.527. The highest BCUT2D eigenvalue weighted by Crippen LogP contribution is 1.60. The van der Waals surface area contributed by atoms with Gasteiger partial charge in [0, 0.05) is 7.11 Å². The summed E-state index contributed by atoms with van der Waals surface area (Å²) in [6.45, 7) is -1.28. The maximum atomic E-state index is 10.5. The van der Waals surface area contributed by atoms with Crippen LogP contribution in [0.25, 0.3) is 0 Å². The number of aliphatic hydroxyl groups is 1. The van der Waals surface area contributed by atoms with Gasteiger partial charge in [0.2, 0.25) is 0 Å². The number of carbonyl (C=O) groups is 1. The van der Waals surface area contributed by atoms with Gasteiger partial charge >= 0.3 is 5.97 Å². The molecular formula is C3H7FO3. The van der Waals surface area contributed by atoms with E-state index in [0.717, 1.165) is 7.11 Å². The van der Waals surface area contributed by atoms with Crippen molar-refractivity contribution >= 4 is 5.97 Å². The third-order valence-corrected chi connectivity index (χ3v) is 0.114. The summed E-state index contributed by atoms with van der Waals surface area (Å²) in [6.07, 6.45) is 0. The molecule has 0 aromatic heterocycles. The zero-order valence-corrected chi connectivity index (χ0v) is 3.89. The van der Waals surface area contributed by atoms with Crippen LogP contribution in [0.2, 0.25) is 0 Å². The molecule has 0 aliphatic heterocycles. The lowest BCUT2D eigenvalue weighted by Crippen LogP contribution is -1.93. The van der Waals surface area contributed by atoms with Crippen molar-refractivity contribution in [2.24, 2.45) is 0 Å². The number of aliphatic carboxylic acids is 1. The lowest BCUT2D eigenvalue weighted by atomic mass is 10.8. The first-order valence-corrected chi connectivity index (χ1v) is 1.50. The fourth-order valence-electron chi connectivity index (χ4n) is 0. The zero-order valence-electron chi connectivity index (χ0n) is 3.89. The molecule has 0 rings (SSSR count). The molecule has 0 aromatic carbocycles. The number of hydrogen-bond acceptors (Lipinski definition) is 2. The first kappa shape index (κ1) is 9.61. The average Bonchev–Trinajstić information content (AvgIpc) is 1.73. The molecule has 0 unspecified atom stereocenters. The first-order chi connectivity index (χ1) is 3.27. The van der Waals surface area contributed by atoms with Crippen LogP contribution in [-0.4, -0.2) is 30.0 Å². The van der Waals surface area contributed by atoms with Crippen LogP contribution in [0.5, 0.6) is 0 Å². The summed E-state index contributed by atoms with van der Waals surface area (Å²) < 4.78 is 10.5. The van der Waals surface area contributed by atoms with Gasteiger partial charge in [0.1, 0.15) is 0 Å². The van der Waals surface area contributed by atoms with Crippen molar-refractivity contribution in [1.29, 1.82) is 0 Å². The quantitative estimate of drug-likeness (QED) is 0.485. The van der Waals surface area contributed by atoms with Crippen LogP contribution in [0.4, 0.5) is 4.39 Å². The topological polar surface area (TPSA) is 57.5 Å². The molecule has 3 nitrogen and oxygen atoms in total. The van der Waals surface area contributed by atoms with Gasteiger partial charge in [0.15, 0.2) is 6.67 Å². The predicted octanol–water partition coefficient (Wildman–Crippen LogP) is -0.351. The van der Waals surface area contributed by atoms with E-state index in [1.54, 1.807) is 0 Å². The predicted molar refractivity (Wildman–Crippen MR) is 21.8 cm³/mol. The second kappa shape index (κ2) is 9.03. The normalized spacial score (nSPS) is 6.14. The summed E-state index contributed by atoms with van der Waals surface area (Å²) >= 11 is 0. The molecule has 0 spiro atoms. The summed E-state index contributed by atoms with van der Waals surface area (Å²) in [4.78, 5) is 8.99. The van der Waals surface area contributed by atoms with Crippen LogP contribution in [0.15, 0.2) is 0 Å². The van der Waals surface area contributed by atoms with Crippen molar-refractivity contribution in [1.82, 2.24) is 0 Å². The molecule has 2 N–H and O–H groups in total. The number of hydrogen-bond donors (Lipinski definition) is 2. The van der Waals surface area contributed by atoms with Crippen molar-refractivity contribution in [3.63, 3.8) is 0 Å². The lowest BCUT2D eigenvalue weighted by Gasteiger charge is -1.69. The highest BCUT2D eigenvalue weighted by atomic mass is 19.1. The molecule has 0 fully saturated rings. The van der Waals surface area contributed by atoms with E-state index < -0.39 is 12.6 Å². The van der Waals surface area contributed by atoms with E-state index in [1.807, 2.05) is 0 Å². The molecule has 0 saturated carbocycles. The second-order valence-electron chi connectivity index (χ2n) is 0.527. The molecule has 0 aliphatic rings. The number of aliphatic hydroxyl groups excluding tert-OH is 1. The Morgan fingerprint density at radius 2 is 1.86 bits per heavy atom. The van der Waals surface area contributed by atoms with Gasteiger partial charge in [-0.25, -0.2) is 9.18 Å². The van der Waals surface area contributed by atoms with Gasteiger partial charge in [0.05, 0.1) is 0 Å². The highest BCUT2D eigenvalue weighted by molar-refractivity contribution is 5.67. The van der Waals surface area contributed by atoms with E-state index in [4.69, 9.17) is 15.0 Å². The molecule has 0 amide bonds. The fourth-order valence-corrected chi connectivity index (χ4v) is 0. The van der Waals surface area contributed by atoms with Crippen molar-refractivity contribution in [2.75, 3.05) is 13.8 Å². The Morgan fingerprint density at radius 3 is 1.86 bits per heavy atom. The zero-order chi connectivity index (χ0) is 6.28. The average molecular weight is 110 g/mol. The van der Waals surface area contributed by atoms with Crippen LogP contribution in [0, 0.1) is 0 Å². The van der Waals surface area contributed by atoms with E-state index in [1.165, 1.54) is 0 Å². The van der Waals surface area contributed by atoms with Gasteiger partial charge in [-0.15, -0.1) is 0 Å². The lowest BCUT2D eigenvalue weighted by molar-refractivity contribution is -0.137. The molecule has 7 heavy (non-hydrogen) atoms. The minimum absolute atomic E-state index is 1.00. The van der Waals surface area contributed by atoms with Gasteiger partial charge in [-0.3, -0.25) is 0 Å². The SMILES string of the molecule is CO.O=C(O)CF. The Kier molecular flexibility index (Phi) is 12.4. The first-order valence-electron chi connectivity index (χ1n) is 1.50. The Morgan fingerprint density at radius 1 is 1.71 bits per heavy atom. The minimum Gasteiger partial charge on any atom is -0.479 e. The standard InChI is InChI=1S/C2H3FO2.CH4O/c3-1-2(4)5;1-2/h1H2,(H,4,5);2H,1H3. The van der Waals surface area contributed by atoms with Crippen LogP contribution in [0.3, 0.4) is 0 Å². The van der Waals surface area contributed by atoms with Crippen LogP contribution < -0.4 is 0 Å². The summed E-state index contributed by atoms with van der Waals surface area (Å²) in [5.74, 6) is -1.41. The number of halogens is 1. The number of rotatable bonds is 1. The molecule has 0 heterocycles. The van der Waals surface area contributed by atoms with Crippen molar-refractivity contribution in [2.45, 2.75) is 0 Å². The maximum Gasteiger partial charge on any atom is 0.335 e. The van der Waals surface area contributed by atoms with Crippen molar-refractivity contribution in [3.05, 3.63) is 0 Å². The van der Waals surface area contributed by atoms with E-state index in [-0.39, 0.29) is 0 Å². The summed E-state index contributed by atoms with van der Waals surface area (Å²) in [5, 5.41) is 14.3. The van der Waals surface area contributed by atoms with Crippen LogP contribution in [-0.2, 0) is 4.79 Å². The van der Waals surface area contributed by atoms with E-state index in [0.29, 0.717) is 0 Å². The molecule has 0 aliphatic carbocycles. The Bertz CT molecular complexity index is 45.4. The molecule has 4 heteroatoms. The molecule has 44 valence electrons. The molecular weight excluding hydrogens is 103 g/mol. The van der Waals surface area contributed by atoms with Gasteiger partial charge in [-0.05, 0) is 0 Å². The summed E-state index contributed by atoms with van der Waals surface area (Å²) in [7, 11) is 1.00. The minimum atomic E-state index is -1.41. The molecule has 0 bridgehead atoms. The Hall–Kier alpha value is -0.640. The maximum absolute atomic E-state index is 10.5. The van der Waals surface area contributed by atoms with E-state index in [2.05, 4.69) is 0 Å². The van der Waals surface area contributed by atoms with E-state index >= 15 is 0 Å². The Balaban J connectivity index is 0. The van der Waals surface area contributed by atoms with Gasteiger partial charge in [0.25, 0.3) is 0 Å². The largest absolute Gasteiger partial charge is 0.479 e. The third kappa shape index (κ3) is 32.7. The number of carboxylic acid groups (broad SMARTS) is 1. The van der Waals surface area contributed by atoms with Crippen LogP contribution >= 0.6 is 0 Å². The molecule has 0 aromatic rings. The van der Waals surface area contributed by atoms with Gasteiger partial charge in [-0.1, -0.05) is 0 Å². The van der Waals surface area contributed by atoms with Gasteiger partial charge < -0.3 is 10.2 Å². The van der Waals surface area contributed by atoms with Crippen LogP contribution in [0.1, 0.15) is 0 Å². The molecule has 0 atom stereocenters. The number of alkyl halides is 1. The van der Waals surface area contributed by atoms with Gasteiger partial charge in [-0.2, -0.15) is 0 Å². The molecule has 0 radical (unpaired) electrons. The Labute approximate surface area is 40.4 Å². The summed E-state index contributed by atoms with van der Waals surface area (Å²) in [6, 6.07) is 0. The van der Waals surface area contributed by atoms with E-state index in [9.17, 15) is 4.39 Å². The molecule has 0 saturated heterocycles. The number of carboxylic acids is 1. The summed E-state index contributed by atoms with van der Waals surface area (Å²) in [5.41, 5.74) is 0. The third-order valence-electron chi connectivity index (χ3n) is 0.114. The van der Waals surface area contributed by atoms with Crippen molar-refractivity contribution in [3.8, 4) is 0 Å². The highest BCUT2D eigenvalue weighted by Gasteiger charge is 1.85. The monoisotopic (exact) mass is 110 g/mol. The van der Waals surface area contributed by atoms with Crippen molar-refractivity contribution < 1.29 is 19.4 Å². The smallest absolute Gasteiger partial charge is 0.335 e.